The maximum absolute atomic E-state index is 5.78. The highest BCUT2D eigenvalue weighted by molar-refractivity contribution is 4.94. The van der Waals surface area contributed by atoms with Crippen LogP contribution in [-0.2, 0) is 9.47 Å². The Hall–Kier alpha value is -0.520. The molecule has 0 spiro atoms. The molecule has 1 atom stereocenters. The van der Waals surface area contributed by atoms with Crippen LogP contribution in [0, 0.1) is 11.8 Å². The van der Waals surface area contributed by atoms with Crippen molar-refractivity contribution in [2.75, 3.05) is 13.2 Å². The molecule has 1 aliphatic heterocycles. The van der Waals surface area contributed by atoms with Gasteiger partial charge >= 0.3 is 0 Å². The molecule has 1 unspecified atom stereocenters. The Morgan fingerprint density at radius 1 is 1.33 bits per heavy atom. The predicted molar refractivity (Wildman–Crippen MR) is 61.5 cm³/mol. The largest absolute Gasteiger partial charge is 0.350 e. The van der Waals surface area contributed by atoms with E-state index in [0.717, 1.165) is 38.9 Å². The van der Waals surface area contributed by atoms with E-state index in [-0.39, 0.29) is 5.79 Å². The van der Waals surface area contributed by atoms with Gasteiger partial charge in [-0.3, -0.25) is 0 Å². The molecule has 0 aromatic heterocycles. The smallest absolute Gasteiger partial charge is 0.165 e. The monoisotopic (exact) mass is 210 g/mol. The van der Waals surface area contributed by atoms with Crippen molar-refractivity contribution >= 4 is 0 Å². The minimum absolute atomic E-state index is 0.311. The summed E-state index contributed by atoms with van der Waals surface area (Å²) in [6.07, 6.45) is 6.60. The molecule has 1 rings (SSSR count). The molecular formula is C13H22O2. The lowest BCUT2D eigenvalue weighted by Gasteiger charge is -2.33. The van der Waals surface area contributed by atoms with Gasteiger partial charge in [0.05, 0.1) is 13.2 Å². The lowest BCUT2D eigenvalue weighted by atomic mass is 10.1. The maximum atomic E-state index is 5.78. The number of hydrogen-bond donors (Lipinski definition) is 0. The summed E-state index contributed by atoms with van der Waals surface area (Å²) >= 11 is 0. The number of rotatable bonds is 5. The molecule has 1 aliphatic rings. The van der Waals surface area contributed by atoms with Crippen molar-refractivity contribution in [2.45, 2.75) is 58.2 Å². The Bertz CT molecular complexity index is 218. The average molecular weight is 210 g/mol. The third-order valence-corrected chi connectivity index (χ3v) is 2.71. The molecule has 0 aromatic carbocycles. The van der Waals surface area contributed by atoms with E-state index in [1.165, 1.54) is 12.8 Å². The van der Waals surface area contributed by atoms with Crippen LogP contribution in [0.2, 0.25) is 0 Å². The van der Waals surface area contributed by atoms with E-state index in [9.17, 15) is 0 Å². The summed E-state index contributed by atoms with van der Waals surface area (Å²) in [5, 5.41) is 0. The van der Waals surface area contributed by atoms with Crippen LogP contribution in [0.1, 0.15) is 52.4 Å². The van der Waals surface area contributed by atoms with Gasteiger partial charge in [0.25, 0.3) is 0 Å². The SMILES string of the molecule is CC#CCCCCOC1(C)CCCCO1. The summed E-state index contributed by atoms with van der Waals surface area (Å²) in [5.74, 6) is 5.65. The van der Waals surface area contributed by atoms with Gasteiger partial charge in [-0.15, -0.1) is 11.8 Å². The zero-order valence-corrected chi connectivity index (χ0v) is 9.97. The van der Waals surface area contributed by atoms with E-state index in [2.05, 4.69) is 18.8 Å². The van der Waals surface area contributed by atoms with E-state index < -0.39 is 0 Å². The zero-order chi connectivity index (χ0) is 11.0. The summed E-state index contributed by atoms with van der Waals surface area (Å²) in [6, 6.07) is 0. The molecule has 0 amide bonds. The van der Waals surface area contributed by atoms with Gasteiger partial charge in [-0.05, 0) is 39.5 Å². The van der Waals surface area contributed by atoms with Gasteiger partial charge in [0, 0.05) is 12.8 Å². The van der Waals surface area contributed by atoms with Crippen molar-refractivity contribution in [3.63, 3.8) is 0 Å². The van der Waals surface area contributed by atoms with Crippen LogP contribution >= 0.6 is 0 Å². The van der Waals surface area contributed by atoms with Crippen LogP contribution in [-0.4, -0.2) is 19.0 Å². The number of unbranched alkanes of at least 4 members (excludes halogenated alkanes) is 2. The molecule has 1 saturated heterocycles. The number of ether oxygens (including phenoxy) is 2. The summed E-state index contributed by atoms with van der Waals surface area (Å²) < 4.78 is 11.4. The van der Waals surface area contributed by atoms with Crippen molar-refractivity contribution in [2.24, 2.45) is 0 Å². The van der Waals surface area contributed by atoms with Gasteiger partial charge in [0.1, 0.15) is 0 Å². The van der Waals surface area contributed by atoms with Crippen molar-refractivity contribution in [1.82, 2.24) is 0 Å². The lowest BCUT2D eigenvalue weighted by molar-refractivity contribution is -0.244. The summed E-state index contributed by atoms with van der Waals surface area (Å²) in [7, 11) is 0. The first-order valence-electron chi connectivity index (χ1n) is 5.94. The third-order valence-electron chi connectivity index (χ3n) is 2.71. The molecule has 15 heavy (non-hydrogen) atoms. The molecule has 0 saturated carbocycles. The first kappa shape index (κ1) is 12.5. The second kappa shape index (κ2) is 6.87. The molecule has 0 aliphatic carbocycles. The standard InChI is InChI=1S/C13H22O2/c1-3-4-5-6-8-11-14-13(2)10-7-9-12-15-13/h5-12H2,1-2H3. The summed E-state index contributed by atoms with van der Waals surface area (Å²) in [4.78, 5) is 0. The Morgan fingerprint density at radius 3 is 2.87 bits per heavy atom. The third kappa shape index (κ3) is 5.20. The van der Waals surface area contributed by atoms with E-state index in [4.69, 9.17) is 9.47 Å². The van der Waals surface area contributed by atoms with Gasteiger partial charge in [-0.1, -0.05) is 0 Å². The van der Waals surface area contributed by atoms with Crippen LogP contribution in [0.3, 0.4) is 0 Å². The molecule has 86 valence electrons. The summed E-state index contributed by atoms with van der Waals surface area (Å²) in [6.45, 7) is 5.57. The quantitative estimate of drug-likeness (QED) is 0.513. The van der Waals surface area contributed by atoms with Crippen LogP contribution in [0.15, 0.2) is 0 Å². The first-order valence-corrected chi connectivity index (χ1v) is 5.94. The Kier molecular flexibility index (Phi) is 5.75. The van der Waals surface area contributed by atoms with Gasteiger partial charge < -0.3 is 9.47 Å². The average Bonchev–Trinajstić information content (AvgIpc) is 2.24. The second-order valence-corrected chi connectivity index (χ2v) is 4.17. The van der Waals surface area contributed by atoms with Gasteiger partial charge in [0.15, 0.2) is 5.79 Å². The van der Waals surface area contributed by atoms with Crippen molar-refractivity contribution in [3.05, 3.63) is 0 Å². The molecule has 2 nitrogen and oxygen atoms in total. The van der Waals surface area contributed by atoms with Crippen molar-refractivity contribution < 1.29 is 9.47 Å². The van der Waals surface area contributed by atoms with E-state index in [1.54, 1.807) is 0 Å². The molecule has 0 N–H and O–H groups in total. The highest BCUT2D eigenvalue weighted by Crippen LogP contribution is 2.25. The van der Waals surface area contributed by atoms with Gasteiger partial charge in [-0.25, -0.2) is 0 Å². The minimum Gasteiger partial charge on any atom is -0.350 e. The van der Waals surface area contributed by atoms with E-state index in [0.29, 0.717) is 0 Å². The lowest BCUT2D eigenvalue weighted by Crippen LogP contribution is -2.36. The molecule has 0 bridgehead atoms. The molecule has 1 heterocycles. The fraction of sp³-hybridized carbons (Fsp3) is 0.846. The molecule has 2 heteroatoms. The molecule has 1 fully saturated rings. The molecule has 0 radical (unpaired) electrons. The Labute approximate surface area is 93.3 Å². The van der Waals surface area contributed by atoms with Crippen LogP contribution < -0.4 is 0 Å². The zero-order valence-electron chi connectivity index (χ0n) is 9.97. The maximum Gasteiger partial charge on any atom is 0.165 e. The van der Waals surface area contributed by atoms with Crippen LogP contribution in [0.25, 0.3) is 0 Å². The normalized spacial score (nSPS) is 25.7. The topological polar surface area (TPSA) is 18.5 Å². The van der Waals surface area contributed by atoms with Crippen LogP contribution in [0.5, 0.6) is 0 Å². The van der Waals surface area contributed by atoms with Crippen LogP contribution in [0.4, 0.5) is 0 Å². The van der Waals surface area contributed by atoms with Crippen molar-refractivity contribution in [3.8, 4) is 11.8 Å². The van der Waals surface area contributed by atoms with Crippen molar-refractivity contribution in [1.29, 1.82) is 0 Å². The Morgan fingerprint density at radius 2 is 2.20 bits per heavy atom. The van der Waals surface area contributed by atoms with Gasteiger partial charge in [0.2, 0.25) is 0 Å². The highest BCUT2D eigenvalue weighted by Gasteiger charge is 2.27. The summed E-state index contributed by atoms with van der Waals surface area (Å²) in [5.41, 5.74) is 0. The number of hydrogen-bond acceptors (Lipinski definition) is 2. The Balaban J connectivity index is 2.04. The molecule has 0 aromatic rings. The fourth-order valence-electron chi connectivity index (χ4n) is 1.75. The highest BCUT2D eigenvalue weighted by atomic mass is 16.7. The minimum atomic E-state index is -0.311. The predicted octanol–water partition coefficient (Wildman–Crippen LogP) is 3.11. The van der Waals surface area contributed by atoms with Gasteiger partial charge in [-0.2, -0.15) is 0 Å². The fourth-order valence-corrected chi connectivity index (χ4v) is 1.75. The molecular weight excluding hydrogens is 188 g/mol. The van der Waals surface area contributed by atoms with E-state index >= 15 is 0 Å². The second-order valence-electron chi connectivity index (χ2n) is 4.17. The first-order chi connectivity index (χ1) is 7.27. The van der Waals surface area contributed by atoms with E-state index in [1.807, 2.05) is 6.92 Å².